The van der Waals surface area contributed by atoms with Gasteiger partial charge in [0.25, 0.3) is 5.91 Å². The van der Waals surface area contributed by atoms with Gasteiger partial charge in [-0.1, -0.05) is 19.0 Å². The Morgan fingerprint density at radius 3 is 2.67 bits per heavy atom. The average molecular weight is 293 g/mol. The first kappa shape index (κ1) is 15.0. The molecule has 0 bridgehead atoms. The van der Waals surface area contributed by atoms with E-state index in [4.69, 9.17) is 20.4 Å². The number of benzene rings is 1. The molecule has 0 aliphatic carbocycles. The molecule has 0 unspecified atom stereocenters. The highest BCUT2D eigenvalue weighted by molar-refractivity contribution is 6.00. The van der Waals surface area contributed by atoms with Crippen molar-refractivity contribution in [3.05, 3.63) is 23.8 Å². The maximum atomic E-state index is 12.4. The maximum absolute atomic E-state index is 12.4. The van der Waals surface area contributed by atoms with Crippen LogP contribution in [0.3, 0.4) is 0 Å². The summed E-state index contributed by atoms with van der Waals surface area (Å²) in [6.45, 7) is 3.88. The summed E-state index contributed by atoms with van der Waals surface area (Å²) >= 11 is 0. The van der Waals surface area contributed by atoms with Gasteiger partial charge in [0, 0.05) is 5.56 Å². The number of hydrogen-bond acceptors (Lipinski definition) is 5. The van der Waals surface area contributed by atoms with Crippen LogP contribution in [0.25, 0.3) is 0 Å². The van der Waals surface area contributed by atoms with E-state index >= 15 is 0 Å². The third kappa shape index (κ3) is 2.72. The molecule has 0 atom stereocenters. The summed E-state index contributed by atoms with van der Waals surface area (Å²) < 4.78 is 10.5. The Kier molecular flexibility index (Phi) is 4.21. The van der Waals surface area contributed by atoms with Gasteiger partial charge in [0.1, 0.15) is 5.54 Å². The Bertz CT molecular complexity index is 567. The number of fused-ring (bicyclic) bond motifs is 1. The van der Waals surface area contributed by atoms with Crippen LogP contribution in [0.5, 0.6) is 11.5 Å². The fraction of sp³-hybridized carbons (Fsp3) is 0.429. The average Bonchev–Trinajstić information content (AvgIpc) is 2.99. The van der Waals surface area contributed by atoms with E-state index in [0.717, 1.165) is 0 Å². The van der Waals surface area contributed by atoms with Crippen LogP contribution in [-0.4, -0.2) is 29.3 Å². The predicted octanol–water partition coefficient (Wildman–Crippen LogP) is 1.45. The molecule has 1 amide bonds. The van der Waals surface area contributed by atoms with E-state index in [0.29, 0.717) is 29.9 Å². The van der Waals surface area contributed by atoms with E-state index in [2.05, 4.69) is 10.5 Å². The van der Waals surface area contributed by atoms with Gasteiger partial charge in [0.2, 0.25) is 6.79 Å². The van der Waals surface area contributed by atoms with Gasteiger partial charge >= 0.3 is 0 Å². The minimum atomic E-state index is -0.873. The van der Waals surface area contributed by atoms with Gasteiger partial charge in [-0.3, -0.25) is 4.79 Å². The summed E-state index contributed by atoms with van der Waals surface area (Å²) in [4.78, 5) is 12.4. The molecule has 21 heavy (non-hydrogen) atoms. The summed E-state index contributed by atoms with van der Waals surface area (Å²) in [5.74, 6) is 0.815. The molecule has 0 aromatic heterocycles. The number of hydrogen-bond donors (Lipinski definition) is 3. The number of nitrogens with two attached hydrogens (primary N) is 1. The maximum Gasteiger partial charge on any atom is 0.252 e. The lowest BCUT2D eigenvalue weighted by molar-refractivity contribution is 0.0917. The quantitative estimate of drug-likeness (QED) is 0.330. The highest BCUT2D eigenvalue weighted by Crippen LogP contribution is 2.32. The van der Waals surface area contributed by atoms with Gasteiger partial charge < -0.3 is 25.7 Å². The van der Waals surface area contributed by atoms with Crippen molar-refractivity contribution in [1.82, 2.24) is 5.32 Å². The van der Waals surface area contributed by atoms with Crippen LogP contribution in [-0.2, 0) is 0 Å². The van der Waals surface area contributed by atoms with Crippen molar-refractivity contribution in [1.29, 1.82) is 0 Å². The molecule has 1 heterocycles. The number of rotatable bonds is 5. The third-order valence-electron chi connectivity index (χ3n) is 3.79. The monoisotopic (exact) mass is 293 g/mol. The standard InChI is InChI=1S/C14H19N3O4/c1-3-14(4-2,13(15)17-19)16-12(18)9-5-6-10-11(7-9)21-8-20-10/h5-7,19H,3-4,8H2,1-2H3,(H2,15,17)(H,16,18). The summed E-state index contributed by atoms with van der Waals surface area (Å²) in [7, 11) is 0. The van der Waals surface area contributed by atoms with Crippen molar-refractivity contribution in [3.8, 4) is 11.5 Å². The highest BCUT2D eigenvalue weighted by atomic mass is 16.7. The zero-order valence-corrected chi connectivity index (χ0v) is 12.0. The topological polar surface area (TPSA) is 106 Å². The van der Waals surface area contributed by atoms with E-state index in [1.807, 2.05) is 13.8 Å². The summed E-state index contributed by atoms with van der Waals surface area (Å²) in [6, 6.07) is 4.94. The molecule has 0 radical (unpaired) electrons. The van der Waals surface area contributed by atoms with Crippen molar-refractivity contribution in [2.24, 2.45) is 10.9 Å². The van der Waals surface area contributed by atoms with Crippen molar-refractivity contribution in [3.63, 3.8) is 0 Å². The highest BCUT2D eigenvalue weighted by Gasteiger charge is 2.33. The zero-order valence-electron chi connectivity index (χ0n) is 12.0. The van der Waals surface area contributed by atoms with Gasteiger partial charge in [0.15, 0.2) is 17.3 Å². The van der Waals surface area contributed by atoms with Gasteiger partial charge in [-0.25, -0.2) is 0 Å². The van der Waals surface area contributed by atoms with Crippen LogP contribution in [0.2, 0.25) is 0 Å². The van der Waals surface area contributed by atoms with Crippen LogP contribution in [0.15, 0.2) is 23.4 Å². The van der Waals surface area contributed by atoms with Crippen molar-refractivity contribution < 1.29 is 19.5 Å². The number of carbonyl (C=O) groups excluding carboxylic acids is 1. The second kappa shape index (κ2) is 5.90. The molecule has 0 fully saturated rings. The van der Waals surface area contributed by atoms with E-state index in [1.165, 1.54) is 0 Å². The lowest BCUT2D eigenvalue weighted by atomic mass is 9.91. The number of carbonyl (C=O) groups is 1. The number of amidine groups is 1. The minimum Gasteiger partial charge on any atom is -0.454 e. The molecule has 0 saturated heterocycles. The molecule has 1 aromatic carbocycles. The van der Waals surface area contributed by atoms with Gasteiger partial charge in [0.05, 0.1) is 0 Å². The molecular formula is C14H19N3O4. The SMILES string of the molecule is CCC(CC)(NC(=O)c1ccc2c(c1)OCO2)/C(N)=N/O. The minimum absolute atomic E-state index is 0.0124. The fourth-order valence-electron chi connectivity index (χ4n) is 2.28. The fourth-order valence-corrected chi connectivity index (χ4v) is 2.28. The van der Waals surface area contributed by atoms with Crippen LogP contribution in [0.1, 0.15) is 37.0 Å². The Morgan fingerprint density at radius 2 is 2.05 bits per heavy atom. The van der Waals surface area contributed by atoms with Crippen molar-refractivity contribution >= 4 is 11.7 Å². The molecular weight excluding hydrogens is 274 g/mol. The first-order valence-corrected chi connectivity index (χ1v) is 6.76. The van der Waals surface area contributed by atoms with E-state index < -0.39 is 5.54 Å². The van der Waals surface area contributed by atoms with E-state index in [9.17, 15) is 4.79 Å². The van der Waals surface area contributed by atoms with Crippen LogP contribution >= 0.6 is 0 Å². The zero-order chi connectivity index (χ0) is 15.5. The normalized spacial score (nSPS) is 14.1. The van der Waals surface area contributed by atoms with Crippen molar-refractivity contribution in [2.75, 3.05) is 6.79 Å². The number of ether oxygens (including phenoxy) is 2. The Morgan fingerprint density at radius 1 is 1.38 bits per heavy atom. The summed E-state index contributed by atoms with van der Waals surface area (Å²) in [6.07, 6.45) is 1.02. The Balaban J connectivity index is 2.23. The molecule has 1 aliphatic rings. The molecule has 0 spiro atoms. The molecule has 2 rings (SSSR count). The second-order valence-electron chi connectivity index (χ2n) is 4.80. The van der Waals surface area contributed by atoms with Gasteiger partial charge in [-0.05, 0) is 31.0 Å². The predicted molar refractivity (Wildman–Crippen MR) is 76.8 cm³/mol. The smallest absolute Gasteiger partial charge is 0.252 e. The second-order valence-corrected chi connectivity index (χ2v) is 4.80. The molecule has 1 aliphatic heterocycles. The molecule has 4 N–H and O–H groups in total. The van der Waals surface area contributed by atoms with Crippen LogP contribution in [0, 0.1) is 0 Å². The largest absolute Gasteiger partial charge is 0.454 e. The molecule has 7 heteroatoms. The van der Waals surface area contributed by atoms with E-state index in [1.54, 1.807) is 18.2 Å². The number of amides is 1. The lowest BCUT2D eigenvalue weighted by Gasteiger charge is -2.31. The number of nitrogens with zero attached hydrogens (tertiary/aromatic N) is 1. The molecule has 7 nitrogen and oxygen atoms in total. The van der Waals surface area contributed by atoms with Gasteiger partial charge in [-0.2, -0.15) is 0 Å². The Hall–Kier alpha value is -2.44. The lowest BCUT2D eigenvalue weighted by Crippen LogP contribution is -2.56. The first-order chi connectivity index (χ1) is 10.1. The van der Waals surface area contributed by atoms with E-state index in [-0.39, 0.29) is 18.5 Å². The van der Waals surface area contributed by atoms with Crippen LogP contribution < -0.4 is 20.5 Å². The number of oxime groups is 1. The third-order valence-corrected chi connectivity index (χ3v) is 3.79. The van der Waals surface area contributed by atoms with Gasteiger partial charge in [-0.15, -0.1) is 0 Å². The van der Waals surface area contributed by atoms with Crippen LogP contribution in [0.4, 0.5) is 0 Å². The number of nitrogens with one attached hydrogen (secondary N) is 1. The molecule has 0 saturated carbocycles. The summed E-state index contributed by atoms with van der Waals surface area (Å²) in [5.41, 5.74) is 5.28. The summed E-state index contributed by atoms with van der Waals surface area (Å²) in [5, 5.41) is 14.8. The first-order valence-electron chi connectivity index (χ1n) is 6.76. The molecule has 114 valence electrons. The van der Waals surface area contributed by atoms with Crippen molar-refractivity contribution in [2.45, 2.75) is 32.2 Å². The molecule has 1 aromatic rings. The Labute approximate surface area is 122 Å².